The maximum atomic E-state index is 13.3. The molecule has 1 aliphatic heterocycles. The summed E-state index contributed by atoms with van der Waals surface area (Å²) in [7, 11) is 0. The molecule has 122 valence electrons. The van der Waals surface area contributed by atoms with Crippen molar-refractivity contribution in [1.29, 1.82) is 0 Å². The van der Waals surface area contributed by atoms with Crippen LogP contribution in [0.5, 0.6) is 0 Å². The van der Waals surface area contributed by atoms with Gasteiger partial charge in [0.1, 0.15) is 0 Å². The van der Waals surface area contributed by atoms with E-state index < -0.39 is 0 Å². The van der Waals surface area contributed by atoms with Crippen LogP contribution in [0.15, 0.2) is 35.7 Å². The van der Waals surface area contributed by atoms with Crippen molar-refractivity contribution >= 4 is 28.1 Å². The van der Waals surface area contributed by atoms with Crippen LogP contribution in [0.4, 0.5) is 0 Å². The fourth-order valence-electron chi connectivity index (χ4n) is 3.56. The Hall–Kier alpha value is -2.20. The SMILES string of the molecule is CCc1nc2ccccc2c(C(=O)N2CCc3sccc3C2)c1C. The van der Waals surface area contributed by atoms with Gasteiger partial charge in [0, 0.05) is 29.0 Å². The zero-order chi connectivity index (χ0) is 16.7. The van der Waals surface area contributed by atoms with Gasteiger partial charge in [-0.3, -0.25) is 9.78 Å². The lowest BCUT2D eigenvalue weighted by molar-refractivity contribution is 0.0737. The molecule has 0 saturated heterocycles. The number of aryl methyl sites for hydroxylation is 1. The molecule has 0 bridgehead atoms. The number of amides is 1. The molecule has 4 rings (SSSR count). The van der Waals surface area contributed by atoms with E-state index in [0.717, 1.165) is 53.7 Å². The van der Waals surface area contributed by atoms with E-state index >= 15 is 0 Å². The van der Waals surface area contributed by atoms with Gasteiger partial charge in [0.25, 0.3) is 5.91 Å². The molecule has 3 heterocycles. The van der Waals surface area contributed by atoms with Crippen LogP contribution in [0.25, 0.3) is 10.9 Å². The molecule has 0 unspecified atom stereocenters. The first kappa shape index (κ1) is 15.3. The first-order valence-corrected chi connectivity index (χ1v) is 9.29. The van der Waals surface area contributed by atoms with Crippen LogP contribution in [-0.2, 0) is 19.4 Å². The molecule has 0 saturated carbocycles. The predicted octanol–water partition coefficient (Wildman–Crippen LogP) is 4.37. The summed E-state index contributed by atoms with van der Waals surface area (Å²) in [6.45, 7) is 5.64. The highest BCUT2D eigenvalue weighted by atomic mass is 32.1. The van der Waals surface area contributed by atoms with E-state index in [2.05, 4.69) is 18.4 Å². The Morgan fingerprint density at radius 3 is 2.96 bits per heavy atom. The van der Waals surface area contributed by atoms with E-state index in [0.29, 0.717) is 0 Å². The van der Waals surface area contributed by atoms with E-state index in [4.69, 9.17) is 4.98 Å². The lowest BCUT2D eigenvalue weighted by Gasteiger charge is -2.28. The molecular formula is C20H20N2OS. The maximum Gasteiger partial charge on any atom is 0.255 e. The van der Waals surface area contributed by atoms with Gasteiger partial charge in [0.2, 0.25) is 0 Å². The second-order valence-electron chi connectivity index (χ2n) is 6.27. The van der Waals surface area contributed by atoms with Gasteiger partial charge in [-0.1, -0.05) is 25.1 Å². The van der Waals surface area contributed by atoms with Gasteiger partial charge < -0.3 is 4.90 Å². The van der Waals surface area contributed by atoms with Crippen molar-refractivity contribution in [2.45, 2.75) is 33.2 Å². The molecule has 0 atom stereocenters. The van der Waals surface area contributed by atoms with Gasteiger partial charge in [-0.2, -0.15) is 0 Å². The third kappa shape index (κ3) is 2.42. The van der Waals surface area contributed by atoms with E-state index in [1.807, 2.05) is 36.1 Å². The quantitative estimate of drug-likeness (QED) is 0.696. The Labute approximate surface area is 146 Å². The minimum atomic E-state index is 0.137. The summed E-state index contributed by atoms with van der Waals surface area (Å²) in [6.07, 6.45) is 1.80. The number of nitrogens with zero attached hydrogens (tertiary/aromatic N) is 2. The van der Waals surface area contributed by atoms with Gasteiger partial charge in [0.15, 0.2) is 0 Å². The van der Waals surface area contributed by atoms with Gasteiger partial charge >= 0.3 is 0 Å². The van der Waals surface area contributed by atoms with Crippen molar-refractivity contribution < 1.29 is 4.79 Å². The highest BCUT2D eigenvalue weighted by Gasteiger charge is 2.26. The Balaban J connectivity index is 1.81. The van der Waals surface area contributed by atoms with Crippen molar-refractivity contribution in [2.75, 3.05) is 6.54 Å². The van der Waals surface area contributed by atoms with Crippen LogP contribution in [0.1, 0.15) is 39.0 Å². The van der Waals surface area contributed by atoms with Gasteiger partial charge in [-0.05, 0) is 48.4 Å². The second kappa shape index (κ2) is 6.02. The molecule has 0 spiro atoms. The largest absolute Gasteiger partial charge is 0.334 e. The zero-order valence-corrected chi connectivity index (χ0v) is 14.8. The molecule has 0 radical (unpaired) electrons. The Bertz CT molecular complexity index is 929. The topological polar surface area (TPSA) is 33.2 Å². The van der Waals surface area contributed by atoms with Crippen LogP contribution in [0, 0.1) is 6.92 Å². The number of carbonyl (C=O) groups excluding carboxylic acids is 1. The van der Waals surface area contributed by atoms with Crippen molar-refractivity contribution in [3.05, 3.63) is 63.0 Å². The lowest BCUT2D eigenvalue weighted by atomic mass is 9.98. The molecular weight excluding hydrogens is 316 g/mol. The highest BCUT2D eigenvalue weighted by molar-refractivity contribution is 7.10. The minimum absolute atomic E-state index is 0.137. The van der Waals surface area contributed by atoms with Gasteiger partial charge in [-0.15, -0.1) is 11.3 Å². The van der Waals surface area contributed by atoms with Crippen LogP contribution < -0.4 is 0 Å². The van der Waals surface area contributed by atoms with Crippen molar-refractivity contribution in [2.24, 2.45) is 0 Å². The fraction of sp³-hybridized carbons (Fsp3) is 0.300. The van der Waals surface area contributed by atoms with Crippen molar-refractivity contribution in [3.8, 4) is 0 Å². The first-order chi connectivity index (χ1) is 11.7. The van der Waals surface area contributed by atoms with E-state index in [-0.39, 0.29) is 5.91 Å². The summed E-state index contributed by atoms with van der Waals surface area (Å²) in [5.41, 5.74) is 5.08. The van der Waals surface area contributed by atoms with Gasteiger partial charge in [-0.25, -0.2) is 0 Å². The average molecular weight is 336 g/mol. The van der Waals surface area contributed by atoms with E-state index in [1.54, 1.807) is 11.3 Å². The van der Waals surface area contributed by atoms with E-state index in [1.165, 1.54) is 10.4 Å². The third-order valence-electron chi connectivity index (χ3n) is 4.88. The predicted molar refractivity (Wildman–Crippen MR) is 98.6 cm³/mol. The molecule has 24 heavy (non-hydrogen) atoms. The highest BCUT2D eigenvalue weighted by Crippen LogP contribution is 2.29. The Kier molecular flexibility index (Phi) is 3.85. The molecule has 3 nitrogen and oxygen atoms in total. The number of thiophene rings is 1. The molecule has 2 aromatic heterocycles. The monoisotopic (exact) mass is 336 g/mol. The Morgan fingerprint density at radius 2 is 2.12 bits per heavy atom. The van der Waals surface area contributed by atoms with Crippen molar-refractivity contribution in [1.82, 2.24) is 9.88 Å². The van der Waals surface area contributed by atoms with Crippen molar-refractivity contribution in [3.63, 3.8) is 0 Å². The summed E-state index contributed by atoms with van der Waals surface area (Å²) in [5, 5.41) is 3.09. The first-order valence-electron chi connectivity index (χ1n) is 8.41. The van der Waals surface area contributed by atoms with Crippen LogP contribution in [-0.4, -0.2) is 22.3 Å². The standard InChI is InChI=1S/C20H20N2OS/c1-3-16-13(2)19(15-6-4-5-7-17(15)21-16)20(23)22-10-8-18-14(12-22)9-11-24-18/h4-7,9,11H,3,8,10,12H2,1-2H3. The van der Waals surface area contributed by atoms with E-state index in [9.17, 15) is 4.79 Å². The summed E-state index contributed by atoms with van der Waals surface area (Å²) in [4.78, 5) is 21.5. The molecule has 0 fully saturated rings. The summed E-state index contributed by atoms with van der Waals surface area (Å²) in [5.74, 6) is 0.137. The average Bonchev–Trinajstić information content (AvgIpc) is 3.08. The number of para-hydroxylation sites is 1. The molecule has 1 aliphatic rings. The number of rotatable bonds is 2. The maximum absolute atomic E-state index is 13.3. The van der Waals surface area contributed by atoms with Crippen LogP contribution >= 0.6 is 11.3 Å². The molecule has 0 N–H and O–H groups in total. The molecule has 3 aromatic rings. The summed E-state index contributed by atoms with van der Waals surface area (Å²) >= 11 is 1.80. The van der Waals surface area contributed by atoms with Gasteiger partial charge in [0.05, 0.1) is 11.1 Å². The molecule has 1 aromatic carbocycles. The number of hydrogen-bond acceptors (Lipinski definition) is 3. The molecule has 0 aliphatic carbocycles. The molecule has 1 amide bonds. The van der Waals surface area contributed by atoms with Crippen LogP contribution in [0.3, 0.4) is 0 Å². The number of carbonyl (C=O) groups is 1. The smallest absolute Gasteiger partial charge is 0.255 e. The number of fused-ring (bicyclic) bond motifs is 2. The summed E-state index contributed by atoms with van der Waals surface area (Å²) < 4.78 is 0. The minimum Gasteiger partial charge on any atom is -0.334 e. The lowest BCUT2D eigenvalue weighted by Crippen LogP contribution is -2.36. The number of pyridine rings is 1. The Morgan fingerprint density at radius 1 is 1.29 bits per heavy atom. The molecule has 4 heteroatoms. The van der Waals surface area contributed by atoms with Crippen LogP contribution in [0.2, 0.25) is 0 Å². The normalized spacial score (nSPS) is 14.0. The second-order valence-corrected chi connectivity index (χ2v) is 7.28. The number of benzene rings is 1. The number of aromatic nitrogens is 1. The number of hydrogen-bond donors (Lipinski definition) is 0. The zero-order valence-electron chi connectivity index (χ0n) is 14.0. The third-order valence-corrected chi connectivity index (χ3v) is 5.90. The summed E-state index contributed by atoms with van der Waals surface area (Å²) in [6, 6.07) is 10.1. The fourth-order valence-corrected chi connectivity index (χ4v) is 4.45.